The fourth-order valence-corrected chi connectivity index (χ4v) is 2.29. The van der Waals surface area contributed by atoms with Gasteiger partial charge in [0.1, 0.15) is 0 Å². The number of aromatic nitrogens is 2. The maximum Gasteiger partial charge on any atom is 0.0943 e. The van der Waals surface area contributed by atoms with E-state index in [0.717, 1.165) is 39.1 Å². The summed E-state index contributed by atoms with van der Waals surface area (Å²) in [5.74, 6) is 0. The van der Waals surface area contributed by atoms with Gasteiger partial charge in [0.25, 0.3) is 0 Å². The molecule has 0 spiro atoms. The summed E-state index contributed by atoms with van der Waals surface area (Å²) in [5, 5.41) is 0.980. The van der Waals surface area contributed by atoms with Crippen LogP contribution < -0.4 is 5.73 Å². The Kier molecular flexibility index (Phi) is 2.95. The molecule has 0 saturated heterocycles. The highest BCUT2D eigenvalue weighted by Gasteiger charge is 2.11. The van der Waals surface area contributed by atoms with E-state index in [1.165, 1.54) is 0 Å². The van der Waals surface area contributed by atoms with Crippen molar-refractivity contribution in [2.45, 2.75) is 6.92 Å². The third-order valence-corrected chi connectivity index (χ3v) is 3.45. The molecule has 2 N–H and O–H groups in total. The maximum atomic E-state index is 6.24. The van der Waals surface area contributed by atoms with Crippen molar-refractivity contribution in [2.75, 3.05) is 5.73 Å². The van der Waals surface area contributed by atoms with Crippen molar-refractivity contribution in [2.24, 2.45) is 0 Å². The second kappa shape index (κ2) is 4.78. The molecule has 98 valence electrons. The second-order valence-electron chi connectivity index (χ2n) is 4.69. The van der Waals surface area contributed by atoms with Crippen molar-refractivity contribution in [1.82, 2.24) is 9.97 Å². The lowest BCUT2D eigenvalue weighted by Crippen LogP contribution is -1.99. The van der Waals surface area contributed by atoms with Crippen LogP contribution in [0.5, 0.6) is 0 Å². The summed E-state index contributed by atoms with van der Waals surface area (Å²) in [6.45, 7) is 5.76. The van der Waals surface area contributed by atoms with E-state index in [2.05, 4.69) is 11.6 Å². The SMILES string of the molecule is C=Cc1ccnc(-c2nc3ccccc3c(N)c2C)c1. The van der Waals surface area contributed by atoms with Crippen LogP contribution in [0.15, 0.2) is 49.2 Å². The van der Waals surface area contributed by atoms with Gasteiger partial charge in [-0.2, -0.15) is 0 Å². The normalized spacial score (nSPS) is 10.7. The van der Waals surface area contributed by atoms with Gasteiger partial charge in [0, 0.05) is 22.8 Å². The minimum absolute atomic E-state index is 0.761. The van der Waals surface area contributed by atoms with Gasteiger partial charge in [-0.15, -0.1) is 0 Å². The number of para-hydroxylation sites is 1. The fourth-order valence-electron chi connectivity index (χ4n) is 2.29. The Morgan fingerprint density at radius 2 is 2.00 bits per heavy atom. The molecule has 0 saturated carbocycles. The highest BCUT2D eigenvalue weighted by Crippen LogP contribution is 2.30. The number of benzene rings is 1. The predicted molar refractivity (Wildman–Crippen MR) is 84.2 cm³/mol. The third kappa shape index (κ3) is 1.93. The lowest BCUT2D eigenvalue weighted by atomic mass is 10.0. The molecule has 0 atom stereocenters. The molecule has 3 nitrogen and oxygen atoms in total. The predicted octanol–water partition coefficient (Wildman–Crippen LogP) is 3.83. The van der Waals surface area contributed by atoms with Gasteiger partial charge in [-0.1, -0.05) is 30.9 Å². The number of nitrogens with zero attached hydrogens (tertiary/aromatic N) is 2. The second-order valence-corrected chi connectivity index (χ2v) is 4.69. The molecule has 0 bridgehead atoms. The topological polar surface area (TPSA) is 51.8 Å². The summed E-state index contributed by atoms with van der Waals surface area (Å²) in [6, 6.07) is 11.8. The first kappa shape index (κ1) is 12.4. The van der Waals surface area contributed by atoms with Crippen molar-refractivity contribution < 1.29 is 0 Å². The van der Waals surface area contributed by atoms with Crippen LogP contribution in [-0.4, -0.2) is 9.97 Å². The molecule has 3 aromatic rings. The van der Waals surface area contributed by atoms with Crippen LogP contribution in [0.4, 0.5) is 5.69 Å². The van der Waals surface area contributed by atoms with Gasteiger partial charge in [0.15, 0.2) is 0 Å². The van der Waals surface area contributed by atoms with Crippen LogP contribution in [0.3, 0.4) is 0 Å². The monoisotopic (exact) mass is 261 g/mol. The number of rotatable bonds is 2. The molecule has 20 heavy (non-hydrogen) atoms. The van der Waals surface area contributed by atoms with E-state index >= 15 is 0 Å². The summed E-state index contributed by atoms with van der Waals surface area (Å²) in [6.07, 6.45) is 3.56. The molecule has 0 radical (unpaired) electrons. The van der Waals surface area contributed by atoms with Crippen molar-refractivity contribution in [3.63, 3.8) is 0 Å². The van der Waals surface area contributed by atoms with Crippen molar-refractivity contribution in [3.8, 4) is 11.4 Å². The highest BCUT2D eigenvalue weighted by molar-refractivity contribution is 5.94. The molecule has 0 aliphatic carbocycles. The zero-order valence-electron chi connectivity index (χ0n) is 11.3. The first-order valence-electron chi connectivity index (χ1n) is 6.44. The van der Waals surface area contributed by atoms with Crippen LogP contribution in [-0.2, 0) is 0 Å². The molecule has 0 aliphatic heterocycles. The van der Waals surface area contributed by atoms with Gasteiger partial charge in [-0.05, 0) is 30.7 Å². The number of anilines is 1. The minimum Gasteiger partial charge on any atom is -0.398 e. The molecule has 0 amide bonds. The Morgan fingerprint density at radius 3 is 2.80 bits per heavy atom. The standard InChI is InChI=1S/C17H15N3/c1-3-12-8-9-19-15(10-12)17-11(2)16(18)13-6-4-5-7-14(13)20-17/h3-10H,1H2,2H3,(H2,18,20). The molecule has 3 rings (SSSR count). The van der Waals surface area contributed by atoms with E-state index in [4.69, 9.17) is 10.7 Å². The fraction of sp³-hybridized carbons (Fsp3) is 0.0588. The largest absolute Gasteiger partial charge is 0.398 e. The van der Waals surface area contributed by atoms with Gasteiger partial charge in [-0.25, -0.2) is 4.98 Å². The van der Waals surface area contributed by atoms with Crippen molar-refractivity contribution >= 4 is 22.7 Å². The zero-order chi connectivity index (χ0) is 14.1. The number of fused-ring (bicyclic) bond motifs is 1. The smallest absolute Gasteiger partial charge is 0.0943 e. The van der Waals surface area contributed by atoms with Crippen molar-refractivity contribution in [3.05, 3.63) is 60.3 Å². The molecule has 0 fully saturated rings. The summed E-state index contributed by atoms with van der Waals surface area (Å²) >= 11 is 0. The van der Waals surface area contributed by atoms with Gasteiger partial charge >= 0.3 is 0 Å². The number of hydrogen-bond donors (Lipinski definition) is 1. The number of nitrogens with two attached hydrogens (primary N) is 1. The Balaban J connectivity index is 2.30. The molecule has 0 aliphatic rings. The first-order valence-corrected chi connectivity index (χ1v) is 6.44. The summed E-state index contributed by atoms with van der Waals surface area (Å²) in [5.41, 5.74) is 11.5. The van der Waals surface area contributed by atoms with Crippen LogP contribution in [0.25, 0.3) is 28.4 Å². The van der Waals surface area contributed by atoms with Gasteiger partial charge < -0.3 is 5.73 Å². The summed E-state index contributed by atoms with van der Waals surface area (Å²) in [7, 11) is 0. The molecule has 1 aromatic carbocycles. The molecule has 3 heteroatoms. The molecule has 2 heterocycles. The Hall–Kier alpha value is -2.68. The maximum absolute atomic E-state index is 6.24. The molecular formula is C17H15N3. The Bertz CT molecular complexity index is 806. The lowest BCUT2D eigenvalue weighted by Gasteiger charge is -2.11. The van der Waals surface area contributed by atoms with Crippen LogP contribution in [0.1, 0.15) is 11.1 Å². The average Bonchev–Trinajstić information content (AvgIpc) is 2.51. The number of pyridine rings is 2. The quantitative estimate of drug-likeness (QED) is 0.762. The van der Waals surface area contributed by atoms with Crippen molar-refractivity contribution in [1.29, 1.82) is 0 Å². The highest BCUT2D eigenvalue weighted by atomic mass is 14.8. The Morgan fingerprint density at radius 1 is 1.20 bits per heavy atom. The van der Waals surface area contributed by atoms with E-state index in [1.807, 2.05) is 43.3 Å². The van der Waals surface area contributed by atoms with E-state index in [9.17, 15) is 0 Å². The molecule has 2 aromatic heterocycles. The van der Waals surface area contributed by atoms with E-state index in [-0.39, 0.29) is 0 Å². The molecular weight excluding hydrogens is 246 g/mol. The van der Waals surface area contributed by atoms with Crippen LogP contribution in [0.2, 0.25) is 0 Å². The van der Waals surface area contributed by atoms with Gasteiger partial charge in [0.05, 0.1) is 16.9 Å². The van der Waals surface area contributed by atoms with Crippen LogP contribution >= 0.6 is 0 Å². The van der Waals surface area contributed by atoms with E-state index in [0.29, 0.717) is 0 Å². The van der Waals surface area contributed by atoms with Crippen LogP contribution in [0, 0.1) is 6.92 Å². The number of nitrogen functional groups attached to an aromatic ring is 1. The summed E-state index contributed by atoms with van der Waals surface area (Å²) < 4.78 is 0. The first-order chi connectivity index (χ1) is 9.70. The lowest BCUT2D eigenvalue weighted by molar-refractivity contribution is 1.24. The Labute approximate surface area is 117 Å². The van der Waals surface area contributed by atoms with E-state index in [1.54, 1.807) is 12.3 Å². The van der Waals surface area contributed by atoms with E-state index < -0.39 is 0 Å². The zero-order valence-corrected chi connectivity index (χ0v) is 11.3. The average molecular weight is 261 g/mol. The molecule has 0 unspecified atom stereocenters. The number of hydrogen-bond acceptors (Lipinski definition) is 3. The summed E-state index contributed by atoms with van der Waals surface area (Å²) in [4.78, 5) is 9.10. The van der Waals surface area contributed by atoms with Gasteiger partial charge in [0.2, 0.25) is 0 Å². The third-order valence-electron chi connectivity index (χ3n) is 3.45. The van der Waals surface area contributed by atoms with Gasteiger partial charge in [-0.3, -0.25) is 4.98 Å². The minimum atomic E-state index is 0.761.